The van der Waals surface area contributed by atoms with Crippen molar-refractivity contribution in [1.82, 2.24) is 0 Å². The molecule has 5 nitrogen and oxygen atoms in total. The van der Waals surface area contributed by atoms with E-state index in [1.165, 1.54) is 0 Å². The van der Waals surface area contributed by atoms with Gasteiger partial charge >= 0.3 is 0 Å². The lowest BCUT2D eigenvalue weighted by Gasteiger charge is -2.08. The van der Waals surface area contributed by atoms with Crippen molar-refractivity contribution >= 4 is 33.4 Å². The van der Waals surface area contributed by atoms with Gasteiger partial charge in [-0.25, -0.2) is 0 Å². The molecule has 0 aliphatic rings. The molecule has 0 radical (unpaired) electrons. The van der Waals surface area contributed by atoms with Crippen LogP contribution in [0, 0.1) is 0 Å². The number of hydrogen-bond donors (Lipinski definition) is 2. The lowest BCUT2D eigenvalue weighted by atomic mass is 10.3. The Bertz CT molecular complexity index is 418. The van der Waals surface area contributed by atoms with Gasteiger partial charge in [0.15, 0.2) is 0 Å². The lowest BCUT2D eigenvalue weighted by molar-refractivity contribution is -0.118. The highest BCUT2D eigenvalue weighted by molar-refractivity contribution is 9.10. The van der Waals surface area contributed by atoms with Crippen molar-refractivity contribution in [2.45, 2.75) is 18.2 Å². The van der Waals surface area contributed by atoms with Crippen molar-refractivity contribution in [3.05, 3.63) is 24.3 Å². The van der Waals surface area contributed by atoms with E-state index in [4.69, 9.17) is 10.5 Å². The van der Waals surface area contributed by atoms with Crippen LogP contribution in [0.2, 0.25) is 0 Å². The summed E-state index contributed by atoms with van der Waals surface area (Å²) in [7, 11) is 0. The van der Waals surface area contributed by atoms with Gasteiger partial charge in [-0.3, -0.25) is 9.59 Å². The number of ether oxygens (including phenoxy) is 1. The number of rotatable bonds is 6. The summed E-state index contributed by atoms with van der Waals surface area (Å²) >= 11 is 3.18. The highest BCUT2D eigenvalue weighted by Gasteiger charge is 2.08. The average molecular weight is 315 g/mol. The zero-order valence-corrected chi connectivity index (χ0v) is 11.6. The predicted octanol–water partition coefficient (Wildman–Crippen LogP) is 1.66. The Balaban J connectivity index is 2.47. The molecule has 3 N–H and O–H groups in total. The summed E-state index contributed by atoms with van der Waals surface area (Å²) in [5, 5.41) is 2.73. The van der Waals surface area contributed by atoms with Crippen LogP contribution in [0.25, 0.3) is 0 Å². The Morgan fingerprint density at radius 1 is 1.39 bits per heavy atom. The van der Waals surface area contributed by atoms with Crippen LogP contribution < -0.4 is 15.8 Å². The quantitative estimate of drug-likeness (QED) is 0.783. The summed E-state index contributed by atoms with van der Waals surface area (Å²) in [4.78, 5) is 21.7. The second kappa shape index (κ2) is 7.00. The molecule has 18 heavy (non-hydrogen) atoms. The van der Waals surface area contributed by atoms with Crippen LogP contribution in [0.4, 0.5) is 5.69 Å². The van der Waals surface area contributed by atoms with Gasteiger partial charge in [0.1, 0.15) is 5.75 Å². The van der Waals surface area contributed by atoms with Gasteiger partial charge in [-0.1, -0.05) is 15.9 Å². The highest BCUT2D eigenvalue weighted by Crippen LogP contribution is 2.16. The first-order valence-electron chi connectivity index (χ1n) is 5.45. The number of carbonyl (C=O) groups excluding carboxylic acids is 2. The molecular weight excluding hydrogens is 300 g/mol. The first-order chi connectivity index (χ1) is 8.49. The van der Waals surface area contributed by atoms with Gasteiger partial charge in [-0.2, -0.15) is 0 Å². The maximum atomic E-state index is 11.4. The molecule has 0 saturated carbocycles. The van der Waals surface area contributed by atoms with Crippen molar-refractivity contribution < 1.29 is 14.3 Å². The third-order valence-corrected chi connectivity index (χ3v) is 2.52. The molecule has 1 unspecified atom stereocenters. The van der Waals surface area contributed by atoms with Gasteiger partial charge in [0.05, 0.1) is 17.9 Å². The molecule has 1 rings (SSSR count). The normalized spacial score (nSPS) is 11.7. The van der Waals surface area contributed by atoms with Crippen molar-refractivity contribution in [2.75, 3.05) is 11.9 Å². The molecule has 0 spiro atoms. The fourth-order valence-electron chi connectivity index (χ4n) is 1.15. The summed E-state index contributed by atoms with van der Waals surface area (Å²) in [6.45, 7) is 2.00. The van der Waals surface area contributed by atoms with E-state index in [0.29, 0.717) is 11.4 Å². The van der Waals surface area contributed by atoms with Gasteiger partial charge in [0, 0.05) is 5.69 Å². The van der Waals surface area contributed by atoms with E-state index in [9.17, 15) is 9.59 Å². The van der Waals surface area contributed by atoms with E-state index in [0.717, 1.165) is 0 Å². The Morgan fingerprint density at radius 2 is 2.00 bits per heavy atom. The minimum Gasteiger partial charge on any atom is -0.493 e. The molecule has 0 aliphatic carbocycles. The maximum Gasteiger partial charge on any atom is 0.237 e. The molecule has 0 fully saturated rings. The molecule has 1 aromatic carbocycles. The van der Waals surface area contributed by atoms with E-state index >= 15 is 0 Å². The molecule has 0 heterocycles. The number of carbonyl (C=O) groups is 2. The summed E-state index contributed by atoms with van der Waals surface area (Å²) in [5.41, 5.74) is 5.68. The summed E-state index contributed by atoms with van der Waals surface area (Å²) < 4.78 is 5.30. The Hall–Kier alpha value is -1.56. The van der Waals surface area contributed by atoms with E-state index in [-0.39, 0.29) is 23.8 Å². The first-order valence-corrected chi connectivity index (χ1v) is 6.36. The van der Waals surface area contributed by atoms with Crippen LogP contribution in [0.5, 0.6) is 5.75 Å². The second-order valence-corrected chi connectivity index (χ2v) is 5.07. The smallest absolute Gasteiger partial charge is 0.237 e. The zero-order valence-electron chi connectivity index (χ0n) is 9.98. The van der Waals surface area contributed by atoms with Crippen LogP contribution in [-0.4, -0.2) is 23.2 Å². The van der Waals surface area contributed by atoms with Gasteiger partial charge in [0.2, 0.25) is 11.8 Å². The van der Waals surface area contributed by atoms with E-state index in [1.807, 2.05) is 0 Å². The number of nitrogens with one attached hydrogen (secondary N) is 1. The Kier molecular flexibility index (Phi) is 5.64. The molecule has 98 valence electrons. The van der Waals surface area contributed by atoms with Gasteiger partial charge in [0.25, 0.3) is 0 Å². The van der Waals surface area contributed by atoms with Crippen molar-refractivity contribution in [2.24, 2.45) is 5.73 Å². The second-order valence-electron chi connectivity index (χ2n) is 3.69. The Labute approximate surface area is 114 Å². The molecule has 2 amide bonds. The van der Waals surface area contributed by atoms with Crippen LogP contribution in [0.1, 0.15) is 13.3 Å². The molecule has 6 heteroatoms. The lowest BCUT2D eigenvalue weighted by Crippen LogP contribution is -2.19. The minimum absolute atomic E-state index is 0.114. The molecule has 0 aromatic heterocycles. The first kappa shape index (κ1) is 14.5. The Morgan fingerprint density at radius 3 is 2.50 bits per heavy atom. The topological polar surface area (TPSA) is 81.4 Å². The fourth-order valence-corrected chi connectivity index (χ4v) is 1.26. The predicted molar refractivity (Wildman–Crippen MR) is 72.8 cm³/mol. The fraction of sp³-hybridized carbons (Fsp3) is 0.333. The molecule has 1 atom stereocenters. The van der Waals surface area contributed by atoms with Gasteiger partial charge in [-0.15, -0.1) is 0 Å². The summed E-state index contributed by atoms with van der Waals surface area (Å²) in [5.74, 6) is 0.115. The van der Waals surface area contributed by atoms with Crippen molar-refractivity contribution in [3.63, 3.8) is 0 Å². The van der Waals surface area contributed by atoms with Gasteiger partial charge < -0.3 is 15.8 Å². The van der Waals surface area contributed by atoms with Crippen LogP contribution in [0.15, 0.2) is 24.3 Å². The van der Waals surface area contributed by atoms with Crippen LogP contribution in [0.3, 0.4) is 0 Å². The number of benzene rings is 1. The number of alkyl halides is 1. The standard InChI is InChI=1S/C12H15BrN2O3/c1-8(13)12(17)15-9-2-4-10(5-3-9)18-7-6-11(14)16/h2-5,8H,6-7H2,1H3,(H2,14,16)(H,15,17). The third-order valence-electron chi connectivity index (χ3n) is 2.10. The number of primary amides is 1. The number of amides is 2. The third kappa shape index (κ3) is 5.18. The number of hydrogen-bond acceptors (Lipinski definition) is 3. The average Bonchev–Trinajstić information content (AvgIpc) is 2.30. The largest absolute Gasteiger partial charge is 0.493 e. The van der Waals surface area contributed by atoms with Crippen molar-refractivity contribution in [1.29, 1.82) is 0 Å². The molecular formula is C12H15BrN2O3. The van der Waals surface area contributed by atoms with E-state index in [2.05, 4.69) is 21.2 Å². The van der Waals surface area contributed by atoms with Crippen LogP contribution in [-0.2, 0) is 9.59 Å². The summed E-state index contributed by atoms with van der Waals surface area (Å²) in [6.07, 6.45) is 0.180. The summed E-state index contributed by atoms with van der Waals surface area (Å²) in [6, 6.07) is 6.89. The molecule has 0 aliphatic heterocycles. The van der Waals surface area contributed by atoms with E-state index in [1.54, 1.807) is 31.2 Å². The monoisotopic (exact) mass is 314 g/mol. The van der Waals surface area contributed by atoms with E-state index < -0.39 is 5.91 Å². The number of nitrogens with two attached hydrogens (primary N) is 1. The molecule has 1 aromatic rings. The zero-order chi connectivity index (χ0) is 13.5. The number of anilines is 1. The SMILES string of the molecule is CC(Br)C(=O)Nc1ccc(OCCC(N)=O)cc1. The van der Waals surface area contributed by atoms with Crippen LogP contribution >= 0.6 is 15.9 Å². The molecule has 0 saturated heterocycles. The van der Waals surface area contributed by atoms with Crippen molar-refractivity contribution in [3.8, 4) is 5.75 Å². The molecule has 0 bridgehead atoms. The van der Waals surface area contributed by atoms with Gasteiger partial charge in [-0.05, 0) is 31.2 Å². The highest BCUT2D eigenvalue weighted by atomic mass is 79.9. The maximum absolute atomic E-state index is 11.4. The number of halogens is 1. The minimum atomic E-state index is -0.398.